The predicted octanol–water partition coefficient (Wildman–Crippen LogP) is 3.10. The van der Waals surface area contributed by atoms with E-state index in [1.165, 1.54) is 39.2 Å². The average Bonchev–Trinajstić information content (AvgIpc) is 3.17. The Labute approximate surface area is 194 Å². The molecule has 0 spiro atoms. The molecular formula is C23H25F2N5O4. The zero-order chi connectivity index (χ0) is 24.1. The van der Waals surface area contributed by atoms with Crippen molar-refractivity contribution in [2.24, 2.45) is 0 Å². The number of aliphatic carboxylic acids is 1. The Morgan fingerprint density at radius 1 is 1.24 bits per heavy atom. The van der Waals surface area contributed by atoms with E-state index in [1.54, 1.807) is 6.20 Å². The van der Waals surface area contributed by atoms with Crippen molar-refractivity contribution in [2.45, 2.75) is 51.3 Å². The number of ether oxygens (including phenoxy) is 1. The van der Waals surface area contributed by atoms with Gasteiger partial charge in [0.25, 0.3) is 0 Å². The lowest BCUT2D eigenvalue weighted by molar-refractivity contribution is -0.137. The van der Waals surface area contributed by atoms with Crippen LogP contribution in [-0.4, -0.2) is 43.3 Å². The number of hydrogen-bond donors (Lipinski definition) is 2. The van der Waals surface area contributed by atoms with Crippen molar-refractivity contribution in [2.75, 3.05) is 11.9 Å². The zero-order valence-corrected chi connectivity index (χ0v) is 18.4. The second-order valence-electron chi connectivity index (χ2n) is 8.05. The highest BCUT2D eigenvalue weighted by atomic mass is 19.3. The summed E-state index contributed by atoms with van der Waals surface area (Å²) in [5.74, 6) is -0.462. The third-order valence-electron chi connectivity index (χ3n) is 5.72. The fourth-order valence-electron chi connectivity index (χ4n) is 4.07. The second-order valence-corrected chi connectivity index (χ2v) is 8.05. The van der Waals surface area contributed by atoms with Crippen LogP contribution in [0.4, 0.5) is 14.6 Å². The molecule has 0 unspecified atom stereocenters. The molecule has 2 N–H and O–H groups in total. The quantitative estimate of drug-likeness (QED) is 0.465. The van der Waals surface area contributed by atoms with Crippen LogP contribution in [0.15, 0.2) is 47.7 Å². The van der Waals surface area contributed by atoms with Crippen LogP contribution in [0, 0.1) is 0 Å². The molecule has 11 heteroatoms. The molecule has 0 saturated carbocycles. The van der Waals surface area contributed by atoms with Crippen molar-refractivity contribution in [1.29, 1.82) is 0 Å². The van der Waals surface area contributed by atoms with Gasteiger partial charge in [-0.25, -0.2) is 14.8 Å². The number of carboxylic acids is 1. The Balaban J connectivity index is 1.45. The van der Waals surface area contributed by atoms with E-state index < -0.39 is 18.6 Å². The fourth-order valence-corrected chi connectivity index (χ4v) is 4.07. The van der Waals surface area contributed by atoms with Gasteiger partial charge in [0.05, 0.1) is 12.5 Å². The maximum absolute atomic E-state index is 13.0. The highest BCUT2D eigenvalue weighted by Gasteiger charge is 2.21. The largest absolute Gasteiger partial charge is 0.481 e. The Morgan fingerprint density at radius 3 is 2.82 bits per heavy atom. The molecule has 34 heavy (non-hydrogen) atoms. The molecule has 9 nitrogen and oxygen atoms in total. The van der Waals surface area contributed by atoms with Gasteiger partial charge in [-0.2, -0.15) is 8.78 Å². The Morgan fingerprint density at radius 2 is 2.09 bits per heavy atom. The van der Waals surface area contributed by atoms with Gasteiger partial charge in [0, 0.05) is 43.4 Å². The van der Waals surface area contributed by atoms with E-state index in [1.807, 2.05) is 6.07 Å². The molecule has 1 aliphatic heterocycles. The van der Waals surface area contributed by atoms with Crippen molar-refractivity contribution < 1.29 is 23.4 Å². The number of hydrogen-bond acceptors (Lipinski definition) is 6. The topological polar surface area (TPSA) is 111 Å². The number of fused-ring (bicyclic) bond motifs is 1. The van der Waals surface area contributed by atoms with Crippen molar-refractivity contribution in [3.05, 3.63) is 70.2 Å². The number of nitrogens with one attached hydrogen (secondary N) is 1. The SMILES string of the molecule is O=C(O)C[C@@H](c1ccc(OC(F)F)nc1)n1ccn(CCCc2ccc3c(n2)NCCC3)c1=O. The van der Waals surface area contributed by atoms with Crippen LogP contribution in [0.3, 0.4) is 0 Å². The van der Waals surface area contributed by atoms with Gasteiger partial charge in [-0.05, 0) is 42.9 Å². The number of rotatable bonds is 10. The van der Waals surface area contributed by atoms with Crippen LogP contribution in [0.5, 0.6) is 5.88 Å². The van der Waals surface area contributed by atoms with Gasteiger partial charge in [0.1, 0.15) is 5.82 Å². The Kier molecular flexibility index (Phi) is 7.19. The predicted molar refractivity (Wildman–Crippen MR) is 119 cm³/mol. The lowest BCUT2D eigenvalue weighted by Crippen LogP contribution is -2.29. The van der Waals surface area contributed by atoms with Crippen molar-refractivity contribution >= 4 is 11.8 Å². The smallest absolute Gasteiger partial charge is 0.388 e. The van der Waals surface area contributed by atoms with Gasteiger partial charge in [0.15, 0.2) is 0 Å². The van der Waals surface area contributed by atoms with E-state index >= 15 is 0 Å². The molecule has 0 fully saturated rings. The number of alkyl halides is 2. The molecule has 0 amide bonds. The zero-order valence-electron chi connectivity index (χ0n) is 18.4. The first-order valence-electron chi connectivity index (χ1n) is 11.0. The number of anilines is 1. The Hall–Kier alpha value is -3.76. The molecule has 1 aliphatic rings. The molecule has 4 rings (SSSR count). The summed E-state index contributed by atoms with van der Waals surface area (Å²) in [6, 6.07) is 5.91. The molecule has 1 atom stereocenters. The molecule has 3 aromatic rings. The van der Waals surface area contributed by atoms with Crippen LogP contribution in [-0.2, 0) is 24.2 Å². The summed E-state index contributed by atoms with van der Waals surface area (Å²) in [7, 11) is 0. The number of aryl methyl sites for hydroxylation is 3. The van der Waals surface area contributed by atoms with E-state index in [2.05, 4.69) is 26.1 Å². The van der Waals surface area contributed by atoms with Crippen LogP contribution in [0.2, 0.25) is 0 Å². The summed E-state index contributed by atoms with van der Waals surface area (Å²) < 4.78 is 31.8. The number of pyridine rings is 2. The molecule has 3 aromatic heterocycles. The molecule has 4 heterocycles. The first-order valence-corrected chi connectivity index (χ1v) is 11.0. The van der Waals surface area contributed by atoms with Gasteiger partial charge in [-0.3, -0.25) is 13.9 Å². The van der Waals surface area contributed by atoms with Crippen molar-refractivity contribution in [3.63, 3.8) is 0 Å². The molecule has 0 aromatic carbocycles. The number of aromatic nitrogens is 4. The van der Waals surface area contributed by atoms with Gasteiger partial charge in [0.2, 0.25) is 5.88 Å². The lowest BCUT2D eigenvalue weighted by atomic mass is 10.1. The molecule has 0 radical (unpaired) electrons. The standard InChI is InChI=1S/C23H25F2N5O4/c24-22(25)34-19-8-6-16(14-27-19)18(13-20(31)32)30-12-11-29(23(30)33)10-2-4-17-7-5-15-3-1-9-26-21(15)28-17/h5-8,11-12,14,18,22H,1-4,9-10,13H2,(H,26,28)(H,31,32)/t18-/m0/s1. The average molecular weight is 473 g/mol. The summed E-state index contributed by atoms with van der Waals surface area (Å²) in [5, 5.41) is 12.7. The first kappa shape index (κ1) is 23.4. The molecular weight excluding hydrogens is 448 g/mol. The third kappa shape index (κ3) is 5.59. The molecule has 180 valence electrons. The normalized spacial score (nSPS) is 13.9. The summed E-state index contributed by atoms with van der Waals surface area (Å²) in [5.41, 5.74) is 2.20. The first-order chi connectivity index (χ1) is 16.4. The van der Waals surface area contributed by atoms with Crippen LogP contribution < -0.4 is 15.7 Å². The summed E-state index contributed by atoms with van der Waals surface area (Å²) >= 11 is 0. The Bertz CT molecular complexity index is 1190. The number of carboxylic acid groups (broad SMARTS) is 1. The van der Waals surface area contributed by atoms with E-state index in [4.69, 9.17) is 0 Å². The van der Waals surface area contributed by atoms with E-state index in [-0.39, 0.29) is 18.0 Å². The minimum Gasteiger partial charge on any atom is -0.481 e. The molecule has 0 aliphatic carbocycles. The van der Waals surface area contributed by atoms with Crippen LogP contribution in [0.25, 0.3) is 0 Å². The van der Waals surface area contributed by atoms with Gasteiger partial charge in [-0.1, -0.05) is 12.1 Å². The molecule has 0 saturated heterocycles. The van der Waals surface area contributed by atoms with E-state index in [9.17, 15) is 23.5 Å². The minimum atomic E-state index is -3.02. The van der Waals surface area contributed by atoms with Crippen LogP contribution >= 0.6 is 0 Å². The highest BCUT2D eigenvalue weighted by molar-refractivity contribution is 5.68. The van der Waals surface area contributed by atoms with Gasteiger partial charge in [-0.15, -0.1) is 0 Å². The number of carbonyl (C=O) groups is 1. The third-order valence-corrected chi connectivity index (χ3v) is 5.72. The number of imidazole rings is 1. The van der Waals surface area contributed by atoms with Crippen LogP contribution in [0.1, 0.15) is 42.1 Å². The summed E-state index contributed by atoms with van der Waals surface area (Å²) in [6.07, 6.45) is 7.51. The molecule has 0 bridgehead atoms. The summed E-state index contributed by atoms with van der Waals surface area (Å²) in [4.78, 5) is 32.9. The maximum atomic E-state index is 13.0. The number of halogens is 2. The van der Waals surface area contributed by atoms with Crippen molar-refractivity contribution in [1.82, 2.24) is 19.1 Å². The van der Waals surface area contributed by atoms with Gasteiger partial charge >= 0.3 is 18.3 Å². The minimum absolute atomic E-state index is 0.288. The fraction of sp³-hybridized carbons (Fsp3) is 0.391. The van der Waals surface area contributed by atoms with Gasteiger partial charge < -0.3 is 15.2 Å². The second kappa shape index (κ2) is 10.4. The maximum Gasteiger partial charge on any atom is 0.388 e. The number of nitrogens with zero attached hydrogens (tertiary/aromatic N) is 4. The highest BCUT2D eigenvalue weighted by Crippen LogP contribution is 2.23. The summed E-state index contributed by atoms with van der Waals surface area (Å²) in [6.45, 7) is -1.66. The monoisotopic (exact) mass is 473 g/mol. The van der Waals surface area contributed by atoms with E-state index in [0.29, 0.717) is 24.9 Å². The van der Waals surface area contributed by atoms with E-state index in [0.717, 1.165) is 30.9 Å². The van der Waals surface area contributed by atoms with Crippen molar-refractivity contribution in [3.8, 4) is 5.88 Å². The lowest BCUT2D eigenvalue weighted by Gasteiger charge is -2.17.